The third-order valence-corrected chi connectivity index (χ3v) is 5.38. The number of carbonyl (C=O) groups is 2. The first-order valence-electron chi connectivity index (χ1n) is 9.62. The Morgan fingerprint density at radius 2 is 1.58 bits per heavy atom. The largest absolute Gasteiger partial charge is 0.350 e. The molecule has 3 aromatic rings. The maximum absolute atomic E-state index is 13.4. The molecule has 0 atom stereocenters. The molecule has 31 heavy (non-hydrogen) atoms. The summed E-state index contributed by atoms with van der Waals surface area (Å²) in [7, 11) is 0. The number of hydrogen-bond donors (Lipinski definition) is 1. The molecule has 1 N–H and O–H groups in total. The van der Waals surface area contributed by atoms with Crippen LogP contribution in [0.3, 0.4) is 0 Å². The molecule has 0 saturated carbocycles. The maximum atomic E-state index is 13.4. The highest BCUT2D eigenvalue weighted by molar-refractivity contribution is 6.46. The Morgan fingerprint density at radius 3 is 2.23 bits per heavy atom. The van der Waals surface area contributed by atoms with Crippen molar-refractivity contribution >= 4 is 40.4 Å². The Balaban J connectivity index is 1.83. The van der Waals surface area contributed by atoms with Crippen molar-refractivity contribution in [2.75, 3.05) is 10.2 Å². The van der Waals surface area contributed by atoms with Crippen LogP contribution in [-0.4, -0.2) is 11.8 Å². The summed E-state index contributed by atoms with van der Waals surface area (Å²) in [6, 6.07) is 21.1. The van der Waals surface area contributed by atoms with Crippen LogP contribution in [0, 0.1) is 25.2 Å². The molecule has 1 aliphatic heterocycles. The Labute approximate surface area is 185 Å². The average Bonchev–Trinajstić information content (AvgIpc) is 3.01. The number of imide groups is 1. The molecule has 0 radical (unpaired) electrons. The van der Waals surface area contributed by atoms with Gasteiger partial charge in [0, 0.05) is 10.7 Å². The molecule has 152 valence electrons. The predicted octanol–water partition coefficient (Wildman–Crippen LogP) is 5.23. The van der Waals surface area contributed by atoms with Crippen molar-refractivity contribution in [1.29, 1.82) is 5.26 Å². The van der Waals surface area contributed by atoms with Gasteiger partial charge in [0.25, 0.3) is 11.8 Å². The van der Waals surface area contributed by atoms with Crippen LogP contribution in [0.15, 0.2) is 72.4 Å². The molecule has 0 aromatic heterocycles. The zero-order chi connectivity index (χ0) is 22.1. The zero-order valence-corrected chi connectivity index (χ0v) is 17.7. The number of rotatable bonds is 4. The van der Waals surface area contributed by atoms with Crippen LogP contribution in [0.2, 0.25) is 5.02 Å². The summed E-state index contributed by atoms with van der Waals surface area (Å²) in [6.45, 7) is 3.90. The molecule has 4 rings (SSSR count). The highest BCUT2D eigenvalue weighted by Crippen LogP contribution is 2.35. The number of aryl methyl sites for hydroxylation is 2. The molecular weight excluding hydrogens is 410 g/mol. The van der Waals surface area contributed by atoms with Gasteiger partial charge in [-0.15, -0.1) is 0 Å². The molecule has 3 aromatic carbocycles. The third kappa shape index (κ3) is 3.81. The van der Waals surface area contributed by atoms with E-state index in [1.807, 2.05) is 38.1 Å². The van der Waals surface area contributed by atoms with E-state index < -0.39 is 11.8 Å². The fourth-order valence-electron chi connectivity index (χ4n) is 3.45. The summed E-state index contributed by atoms with van der Waals surface area (Å²) in [5.74, 6) is -0.898. The average molecular weight is 428 g/mol. The number of benzene rings is 3. The van der Waals surface area contributed by atoms with E-state index in [4.69, 9.17) is 16.9 Å². The van der Waals surface area contributed by atoms with E-state index in [0.29, 0.717) is 21.8 Å². The van der Waals surface area contributed by atoms with Gasteiger partial charge in [-0.3, -0.25) is 9.59 Å². The molecule has 5 nitrogen and oxygen atoms in total. The fraction of sp³-hybridized carbons (Fsp3) is 0.0800. The van der Waals surface area contributed by atoms with Gasteiger partial charge in [0.2, 0.25) is 0 Å². The summed E-state index contributed by atoms with van der Waals surface area (Å²) in [4.78, 5) is 28.0. The molecule has 6 heteroatoms. The number of carbonyl (C=O) groups excluding carboxylic acids is 2. The lowest BCUT2D eigenvalue weighted by atomic mass is 10.0. The number of hydrogen-bond acceptors (Lipinski definition) is 4. The first-order valence-corrected chi connectivity index (χ1v) is 10.0. The molecule has 2 amide bonds. The van der Waals surface area contributed by atoms with E-state index >= 15 is 0 Å². The number of nitrogens with zero attached hydrogens (tertiary/aromatic N) is 2. The number of halogens is 1. The Hall–Kier alpha value is -3.88. The lowest BCUT2D eigenvalue weighted by Crippen LogP contribution is -2.32. The fourth-order valence-corrected chi connectivity index (χ4v) is 3.58. The van der Waals surface area contributed by atoms with Gasteiger partial charge in [-0.2, -0.15) is 5.26 Å². The summed E-state index contributed by atoms with van der Waals surface area (Å²) in [6.07, 6.45) is 0. The minimum absolute atomic E-state index is 0.199. The molecule has 0 saturated heterocycles. The van der Waals surface area contributed by atoms with Crippen molar-refractivity contribution in [1.82, 2.24) is 0 Å². The highest BCUT2D eigenvalue weighted by Gasteiger charge is 2.40. The monoisotopic (exact) mass is 427 g/mol. The SMILES string of the molecule is Cc1ccc(C)c(NC2=C(c3ccc(Cl)cc3)C(=O)N(c3ccc(C#N)cc3)C2=O)c1. The summed E-state index contributed by atoms with van der Waals surface area (Å²) < 4.78 is 0. The summed E-state index contributed by atoms with van der Waals surface area (Å²) >= 11 is 6.02. The topological polar surface area (TPSA) is 73.2 Å². The third-order valence-electron chi connectivity index (χ3n) is 5.12. The summed E-state index contributed by atoms with van der Waals surface area (Å²) in [5, 5.41) is 12.8. The second-order valence-electron chi connectivity index (χ2n) is 7.30. The van der Waals surface area contributed by atoms with Crippen molar-refractivity contribution in [2.45, 2.75) is 13.8 Å². The zero-order valence-electron chi connectivity index (χ0n) is 16.9. The number of nitrogens with one attached hydrogen (secondary N) is 1. The van der Waals surface area contributed by atoms with Crippen molar-refractivity contribution < 1.29 is 9.59 Å². The van der Waals surface area contributed by atoms with Crippen LogP contribution < -0.4 is 10.2 Å². The van der Waals surface area contributed by atoms with E-state index in [0.717, 1.165) is 21.7 Å². The van der Waals surface area contributed by atoms with Crippen molar-refractivity contribution in [3.8, 4) is 6.07 Å². The minimum atomic E-state index is -0.458. The molecule has 0 spiro atoms. The molecule has 0 unspecified atom stereocenters. The van der Waals surface area contributed by atoms with Gasteiger partial charge in [-0.1, -0.05) is 35.9 Å². The van der Waals surface area contributed by atoms with Crippen molar-refractivity contribution in [3.05, 3.63) is 99.7 Å². The smallest absolute Gasteiger partial charge is 0.282 e. The van der Waals surface area contributed by atoms with Crippen LogP contribution in [-0.2, 0) is 9.59 Å². The van der Waals surface area contributed by atoms with Crippen molar-refractivity contribution in [3.63, 3.8) is 0 Å². The Kier molecular flexibility index (Phi) is 5.33. The van der Waals surface area contributed by atoms with Crippen LogP contribution in [0.25, 0.3) is 5.57 Å². The molecule has 0 bridgehead atoms. The highest BCUT2D eigenvalue weighted by atomic mass is 35.5. The number of nitriles is 1. The number of anilines is 2. The quantitative estimate of drug-likeness (QED) is 0.579. The van der Waals surface area contributed by atoms with Gasteiger partial charge in [-0.25, -0.2) is 4.90 Å². The van der Waals surface area contributed by atoms with Crippen LogP contribution >= 0.6 is 11.6 Å². The van der Waals surface area contributed by atoms with Gasteiger partial charge in [-0.05, 0) is 73.0 Å². The first kappa shape index (κ1) is 20.4. The van der Waals surface area contributed by atoms with Gasteiger partial charge >= 0.3 is 0 Å². The van der Waals surface area contributed by atoms with E-state index in [2.05, 4.69) is 5.32 Å². The van der Waals surface area contributed by atoms with Gasteiger partial charge in [0.1, 0.15) is 5.70 Å². The molecular formula is C25H18ClN3O2. The van der Waals surface area contributed by atoms with E-state index in [9.17, 15) is 9.59 Å². The van der Waals surface area contributed by atoms with Gasteiger partial charge in [0.15, 0.2) is 0 Å². The van der Waals surface area contributed by atoms with Gasteiger partial charge < -0.3 is 5.32 Å². The normalized spacial score (nSPS) is 13.5. The lowest BCUT2D eigenvalue weighted by molar-refractivity contribution is -0.120. The second kappa shape index (κ2) is 8.10. The maximum Gasteiger partial charge on any atom is 0.282 e. The molecule has 0 fully saturated rings. The minimum Gasteiger partial charge on any atom is -0.350 e. The van der Waals surface area contributed by atoms with E-state index in [1.54, 1.807) is 48.5 Å². The predicted molar refractivity (Wildman–Crippen MR) is 122 cm³/mol. The number of amides is 2. The standard InChI is InChI=1S/C25H18ClN3O2/c1-15-3-4-16(2)21(13-15)28-23-22(18-7-9-19(26)10-8-18)24(30)29(25(23)31)20-11-5-17(14-27)6-12-20/h3-13,28H,1-2H3. The van der Waals surface area contributed by atoms with E-state index in [-0.39, 0.29) is 11.3 Å². The van der Waals surface area contributed by atoms with Crippen LogP contribution in [0.1, 0.15) is 22.3 Å². The second-order valence-corrected chi connectivity index (χ2v) is 7.74. The molecule has 1 aliphatic rings. The van der Waals surface area contributed by atoms with Crippen molar-refractivity contribution in [2.24, 2.45) is 0 Å². The van der Waals surface area contributed by atoms with E-state index in [1.165, 1.54) is 0 Å². The molecule has 0 aliphatic carbocycles. The van der Waals surface area contributed by atoms with Crippen LogP contribution in [0.4, 0.5) is 11.4 Å². The Bertz CT molecular complexity index is 1270. The summed E-state index contributed by atoms with van der Waals surface area (Å²) in [5.41, 5.74) is 4.64. The van der Waals surface area contributed by atoms with Gasteiger partial charge in [0.05, 0.1) is 22.9 Å². The lowest BCUT2D eigenvalue weighted by Gasteiger charge is -2.16. The Morgan fingerprint density at radius 1 is 0.903 bits per heavy atom. The molecule has 1 heterocycles. The first-order chi connectivity index (χ1) is 14.9. The van der Waals surface area contributed by atoms with Crippen LogP contribution in [0.5, 0.6) is 0 Å².